The number of aryl methyl sites for hydroxylation is 1. The maximum absolute atomic E-state index is 13.4. The Hall–Kier alpha value is -3.68. The van der Waals surface area contributed by atoms with Gasteiger partial charge in [-0.2, -0.15) is 0 Å². The molecule has 0 aliphatic carbocycles. The zero-order valence-electron chi connectivity index (χ0n) is 17.3. The second-order valence-electron chi connectivity index (χ2n) is 7.81. The molecule has 8 heteroatoms. The lowest BCUT2D eigenvalue weighted by molar-refractivity contribution is -0.485. The lowest BCUT2D eigenvalue weighted by Gasteiger charge is -2.35. The third kappa shape index (κ3) is 3.15. The monoisotopic (exact) mass is 421 g/mol. The fourth-order valence-electron chi connectivity index (χ4n) is 5.03. The van der Waals surface area contributed by atoms with Crippen molar-refractivity contribution in [1.82, 2.24) is 10.3 Å². The minimum Gasteiger partial charge on any atom is -0.468 e. The Kier molecular flexibility index (Phi) is 5.22. The number of para-hydroxylation sites is 1. The topological polar surface area (TPSA) is 114 Å². The van der Waals surface area contributed by atoms with Crippen molar-refractivity contribution in [3.8, 4) is 0 Å². The Morgan fingerprint density at radius 2 is 1.90 bits per heavy atom. The van der Waals surface area contributed by atoms with Crippen LogP contribution in [-0.2, 0) is 14.3 Å². The van der Waals surface area contributed by atoms with Gasteiger partial charge < -0.3 is 15.0 Å². The molecular formula is C23H23N3O5. The van der Waals surface area contributed by atoms with Gasteiger partial charge in [0.25, 0.3) is 0 Å². The van der Waals surface area contributed by atoms with Crippen LogP contribution in [0.3, 0.4) is 0 Å². The number of aromatic amines is 1. The second-order valence-corrected chi connectivity index (χ2v) is 7.81. The lowest BCUT2D eigenvalue weighted by Crippen LogP contribution is -2.49. The molecule has 1 amide bonds. The molecular weight excluding hydrogens is 398 g/mol. The van der Waals surface area contributed by atoms with Crippen molar-refractivity contribution in [3.05, 3.63) is 81.5 Å². The summed E-state index contributed by atoms with van der Waals surface area (Å²) in [5, 5.41) is 15.4. The van der Waals surface area contributed by atoms with Gasteiger partial charge in [0.15, 0.2) is 5.41 Å². The van der Waals surface area contributed by atoms with Crippen LogP contribution in [0.25, 0.3) is 10.9 Å². The standard InChI is InChI=1S/C23H23N3O5/c1-14-20(16-10-6-7-11-19(16)25-14)18(13-26(29)30)23(22(28)31-2)17(12-24-21(23)27)15-8-4-3-5-9-15/h3-11,17-18,25H,12-13H2,1-2H3,(H,24,27). The van der Waals surface area contributed by atoms with Gasteiger partial charge in [-0.05, 0) is 24.1 Å². The van der Waals surface area contributed by atoms with Gasteiger partial charge in [0.1, 0.15) is 0 Å². The molecule has 3 aromatic rings. The zero-order chi connectivity index (χ0) is 22.2. The van der Waals surface area contributed by atoms with E-state index in [9.17, 15) is 19.7 Å². The minimum absolute atomic E-state index is 0.188. The van der Waals surface area contributed by atoms with Crippen LogP contribution in [0.15, 0.2) is 54.6 Å². The fourth-order valence-corrected chi connectivity index (χ4v) is 5.03. The predicted molar refractivity (Wildman–Crippen MR) is 114 cm³/mol. The summed E-state index contributed by atoms with van der Waals surface area (Å²) in [7, 11) is 1.21. The number of hydrogen-bond donors (Lipinski definition) is 2. The number of fused-ring (bicyclic) bond motifs is 1. The van der Waals surface area contributed by atoms with Gasteiger partial charge in [0.05, 0.1) is 13.0 Å². The van der Waals surface area contributed by atoms with E-state index in [4.69, 9.17) is 4.74 Å². The first-order valence-electron chi connectivity index (χ1n) is 10.0. The Morgan fingerprint density at radius 1 is 1.23 bits per heavy atom. The van der Waals surface area contributed by atoms with Crippen LogP contribution in [0.5, 0.6) is 0 Å². The molecule has 3 atom stereocenters. The largest absolute Gasteiger partial charge is 0.468 e. The highest BCUT2D eigenvalue weighted by atomic mass is 16.6. The normalized spacial score (nSPS) is 21.6. The van der Waals surface area contributed by atoms with Crippen molar-refractivity contribution in [1.29, 1.82) is 0 Å². The van der Waals surface area contributed by atoms with Crippen LogP contribution < -0.4 is 5.32 Å². The molecule has 1 aliphatic rings. The van der Waals surface area contributed by atoms with Gasteiger partial charge in [-0.3, -0.25) is 19.7 Å². The first-order chi connectivity index (χ1) is 14.9. The number of nitro groups is 1. The van der Waals surface area contributed by atoms with E-state index < -0.39 is 40.6 Å². The number of H-pyrrole nitrogens is 1. The van der Waals surface area contributed by atoms with Gasteiger partial charge in [-0.1, -0.05) is 48.5 Å². The average molecular weight is 421 g/mol. The summed E-state index contributed by atoms with van der Waals surface area (Å²) in [5.74, 6) is -2.97. The van der Waals surface area contributed by atoms with E-state index in [0.29, 0.717) is 11.3 Å². The highest BCUT2D eigenvalue weighted by Crippen LogP contribution is 2.52. The molecule has 1 fully saturated rings. The average Bonchev–Trinajstić information content (AvgIpc) is 3.28. The molecule has 2 N–H and O–H groups in total. The van der Waals surface area contributed by atoms with Crippen LogP contribution >= 0.6 is 0 Å². The van der Waals surface area contributed by atoms with E-state index in [2.05, 4.69) is 10.3 Å². The van der Waals surface area contributed by atoms with Crippen molar-refractivity contribution in [2.24, 2.45) is 5.41 Å². The number of rotatable bonds is 6. The number of nitrogens with one attached hydrogen (secondary N) is 2. The molecule has 0 saturated carbocycles. The molecule has 8 nitrogen and oxygen atoms in total. The van der Waals surface area contributed by atoms with Crippen molar-refractivity contribution in [3.63, 3.8) is 0 Å². The smallest absolute Gasteiger partial charge is 0.322 e. The Balaban J connectivity index is 2.03. The highest BCUT2D eigenvalue weighted by Gasteiger charge is 2.64. The lowest BCUT2D eigenvalue weighted by atomic mass is 9.63. The number of benzene rings is 2. The van der Waals surface area contributed by atoms with Crippen molar-refractivity contribution in [2.75, 3.05) is 20.2 Å². The van der Waals surface area contributed by atoms with Crippen LogP contribution in [-0.4, -0.2) is 42.0 Å². The molecule has 2 heterocycles. The number of esters is 1. The molecule has 3 unspecified atom stereocenters. The summed E-state index contributed by atoms with van der Waals surface area (Å²) >= 11 is 0. The molecule has 1 aromatic heterocycles. The number of ether oxygens (including phenoxy) is 1. The van der Waals surface area contributed by atoms with Crippen LogP contribution in [0.4, 0.5) is 0 Å². The van der Waals surface area contributed by atoms with Gasteiger partial charge in [-0.15, -0.1) is 0 Å². The van der Waals surface area contributed by atoms with Crippen LogP contribution in [0, 0.1) is 22.5 Å². The first kappa shape index (κ1) is 20.6. The molecule has 0 bridgehead atoms. The number of carbonyl (C=O) groups is 2. The van der Waals surface area contributed by atoms with E-state index in [0.717, 1.165) is 16.5 Å². The van der Waals surface area contributed by atoms with E-state index in [1.165, 1.54) is 7.11 Å². The van der Waals surface area contributed by atoms with Gasteiger partial charge >= 0.3 is 5.97 Å². The van der Waals surface area contributed by atoms with Crippen LogP contribution in [0.2, 0.25) is 0 Å². The number of aromatic nitrogens is 1. The van der Waals surface area contributed by atoms with E-state index >= 15 is 0 Å². The third-order valence-corrected chi connectivity index (χ3v) is 6.29. The predicted octanol–water partition coefficient (Wildman–Crippen LogP) is 2.91. The molecule has 31 heavy (non-hydrogen) atoms. The van der Waals surface area contributed by atoms with Gasteiger partial charge in [0.2, 0.25) is 12.5 Å². The molecule has 1 saturated heterocycles. The summed E-state index contributed by atoms with van der Waals surface area (Å²) in [6.45, 7) is 1.40. The summed E-state index contributed by atoms with van der Waals surface area (Å²) in [6.07, 6.45) is 0. The zero-order valence-corrected chi connectivity index (χ0v) is 17.3. The summed E-state index contributed by atoms with van der Waals surface area (Å²) in [6, 6.07) is 16.5. The number of methoxy groups -OCH3 is 1. The third-order valence-electron chi connectivity index (χ3n) is 6.29. The number of carbonyl (C=O) groups excluding carboxylic acids is 2. The Bertz CT molecular complexity index is 1160. The molecule has 0 spiro atoms. The maximum atomic E-state index is 13.4. The Labute approximate surface area is 178 Å². The molecule has 0 radical (unpaired) electrons. The van der Waals surface area contributed by atoms with Crippen molar-refractivity contribution >= 4 is 22.8 Å². The number of amides is 1. The molecule has 1 aliphatic heterocycles. The van der Waals surface area contributed by atoms with E-state index in [1.54, 1.807) is 6.92 Å². The van der Waals surface area contributed by atoms with Gasteiger partial charge in [0, 0.05) is 34.0 Å². The Morgan fingerprint density at radius 3 is 2.58 bits per heavy atom. The molecule has 2 aromatic carbocycles. The highest BCUT2D eigenvalue weighted by molar-refractivity contribution is 6.07. The SMILES string of the molecule is COC(=O)C1(C(C[N+](=O)[O-])c2c(C)[nH]c3ccccc23)C(=O)NCC1c1ccccc1. The minimum atomic E-state index is -1.78. The summed E-state index contributed by atoms with van der Waals surface area (Å²) in [5.41, 5.74) is 1.03. The van der Waals surface area contributed by atoms with E-state index in [1.807, 2.05) is 54.6 Å². The maximum Gasteiger partial charge on any atom is 0.322 e. The fraction of sp³-hybridized carbons (Fsp3) is 0.304. The first-order valence-corrected chi connectivity index (χ1v) is 10.0. The number of hydrogen-bond acceptors (Lipinski definition) is 5. The van der Waals surface area contributed by atoms with Crippen LogP contribution in [0.1, 0.15) is 28.7 Å². The number of nitrogens with zero attached hydrogens (tertiary/aromatic N) is 1. The second kappa shape index (κ2) is 7.86. The van der Waals surface area contributed by atoms with Crippen molar-refractivity contribution in [2.45, 2.75) is 18.8 Å². The molecule has 160 valence electrons. The summed E-state index contributed by atoms with van der Waals surface area (Å²) in [4.78, 5) is 41.4. The van der Waals surface area contributed by atoms with Crippen molar-refractivity contribution < 1.29 is 19.2 Å². The molecule has 4 rings (SSSR count). The van der Waals surface area contributed by atoms with Gasteiger partial charge in [-0.25, -0.2) is 0 Å². The quantitative estimate of drug-likeness (QED) is 0.275. The summed E-state index contributed by atoms with van der Waals surface area (Å²) < 4.78 is 5.14. The van der Waals surface area contributed by atoms with E-state index in [-0.39, 0.29) is 6.54 Å².